The zero-order valence-corrected chi connectivity index (χ0v) is 29.2. The molecule has 2 N–H and O–H groups in total. The number of anilines is 2. The number of phenols is 2. The van der Waals surface area contributed by atoms with Crippen LogP contribution in [0.4, 0.5) is 11.4 Å². The van der Waals surface area contributed by atoms with Crippen molar-refractivity contribution in [3.05, 3.63) is 143 Å². The van der Waals surface area contributed by atoms with Crippen LogP contribution >= 0.6 is 35.1 Å². The highest BCUT2D eigenvalue weighted by Gasteiger charge is 2.26. The minimum Gasteiger partial charge on any atom is -0.508 e. The van der Waals surface area contributed by atoms with E-state index < -0.39 is 0 Å². The Labute approximate surface area is 287 Å². The molecular weight excluding hydrogens is 628 g/mol. The molecule has 0 heterocycles. The van der Waals surface area contributed by atoms with E-state index in [1.165, 1.54) is 4.90 Å². The van der Waals surface area contributed by atoms with Gasteiger partial charge in [0.05, 0.1) is 10.9 Å². The molecule has 5 rings (SSSR count). The molecule has 0 radical (unpaired) electrons. The normalized spacial score (nSPS) is 11.4. The summed E-state index contributed by atoms with van der Waals surface area (Å²) in [5.74, 6) is 1.21. The summed E-state index contributed by atoms with van der Waals surface area (Å²) in [5, 5.41) is 22.7. The first-order valence-corrected chi connectivity index (χ1v) is 18.0. The van der Waals surface area contributed by atoms with E-state index in [9.17, 15) is 10.2 Å². The SMILES string of the molecule is CCN(Cc1cc(C(C)(C)c2ccc(O)c(CN(CSc3cc(SC)ccc3Cl)c3ccccc3)c2)ccc1O)c1ccccc1. The molecule has 5 aromatic rings. The number of phenolic OH excluding ortho intramolecular Hbond substituents is 2. The lowest BCUT2D eigenvalue weighted by molar-refractivity contribution is 0.465. The number of hydrogen-bond donors (Lipinski definition) is 2. The van der Waals surface area contributed by atoms with Crippen molar-refractivity contribution in [3.8, 4) is 11.5 Å². The van der Waals surface area contributed by atoms with Crippen LogP contribution in [-0.2, 0) is 18.5 Å². The van der Waals surface area contributed by atoms with Crippen LogP contribution in [0.25, 0.3) is 0 Å². The van der Waals surface area contributed by atoms with Crippen molar-refractivity contribution in [2.24, 2.45) is 0 Å². The van der Waals surface area contributed by atoms with Crippen molar-refractivity contribution < 1.29 is 10.2 Å². The van der Waals surface area contributed by atoms with Gasteiger partial charge in [-0.2, -0.15) is 0 Å². The fraction of sp³-hybridized carbons (Fsp3) is 0.231. The van der Waals surface area contributed by atoms with E-state index in [4.69, 9.17) is 11.6 Å². The molecule has 0 atom stereocenters. The molecule has 0 aliphatic carbocycles. The van der Waals surface area contributed by atoms with Crippen molar-refractivity contribution in [2.45, 2.75) is 49.1 Å². The van der Waals surface area contributed by atoms with Gasteiger partial charge >= 0.3 is 0 Å². The third kappa shape index (κ3) is 7.98. The zero-order valence-electron chi connectivity index (χ0n) is 26.8. The van der Waals surface area contributed by atoms with Gasteiger partial charge in [-0.05, 0) is 91.0 Å². The molecule has 46 heavy (non-hydrogen) atoms. The number of nitrogens with zero attached hydrogens (tertiary/aromatic N) is 2. The fourth-order valence-electron chi connectivity index (χ4n) is 5.52. The molecular formula is C39H41ClN2O2S2. The summed E-state index contributed by atoms with van der Waals surface area (Å²) in [6, 6.07) is 38.5. The highest BCUT2D eigenvalue weighted by Crippen LogP contribution is 2.38. The number of benzene rings is 5. The third-order valence-corrected chi connectivity index (χ3v) is 10.7. The highest BCUT2D eigenvalue weighted by molar-refractivity contribution is 8.00. The molecule has 0 fully saturated rings. The number of para-hydroxylation sites is 2. The van der Waals surface area contributed by atoms with E-state index in [0.29, 0.717) is 24.7 Å². The molecule has 238 valence electrons. The molecule has 0 saturated heterocycles. The molecule has 5 aromatic carbocycles. The summed E-state index contributed by atoms with van der Waals surface area (Å²) in [4.78, 5) is 6.72. The first kappa shape index (κ1) is 33.6. The van der Waals surface area contributed by atoms with E-state index in [2.05, 4.69) is 79.3 Å². The van der Waals surface area contributed by atoms with Gasteiger partial charge < -0.3 is 20.0 Å². The standard InChI is InChI=1S/C39H41ClN2O2S2/c1-5-41(32-12-8-6-9-13-32)25-28-22-30(16-20-36(28)43)39(2,3)31-17-21-37(44)29(23-31)26-42(33-14-10-7-11-15-33)27-46-38-24-34(45-4)18-19-35(38)40/h6-24,43-44H,5,25-27H2,1-4H3. The molecule has 4 nitrogen and oxygen atoms in total. The van der Waals surface area contributed by atoms with E-state index in [1.807, 2.05) is 60.7 Å². The topological polar surface area (TPSA) is 46.9 Å². The molecule has 0 spiro atoms. The van der Waals surface area contributed by atoms with Crippen molar-refractivity contribution in [2.75, 3.05) is 28.5 Å². The second kappa shape index (κ2) is 15.3. The Bertz CT molecular complexity index is 1750. The molecule has 0 saturated carbocycles. The van der Waals surface area contributed by atoms with Gasteiger partial charge in [-0.1, -0.05) is 74.0 Å². The monoisotopic (exact) mass is 668 g/mol. The number of halogens is 1. The quantitative estimate of drug-likeness (QED) is 0.0962. The Morgan fingerprint density at radius 2 is 1.20 bits per heavy atom. The maximum atomic E-state index is 11.1. The van der Waals surface area contributed by atoms with Gasteiger partial charge in [0.1, 0.15) is 11.5 Å². The smallest absolute Gasteiger partial charge is 0.120 e. The van der Waals surface area contributed by atoms with E-state index in [1.54, 1.807) is 35.7 Å². The lowest BCUT2D eigenvalue weighted by atomic mass is 9.77. The van der Waals surface area contributed by atoms with Gasteiger partial charge in [-0.3, -0.25) is 0 Å². The van der Waals surface area contributed by atoms with Gasteiger partial charge in [0.25, 0.3) is 0 Å². The van der Waals surface area contributed by atoms with E-state index >= 15 is 0 Å². The van der Waals surface area contributed by atoms with E-state index in [-0.39, 0.29) is 11.2 Å². The summed E-state index contributed by atoms with van der Waals surface area (Å²) >= 11 is 9.97. The van der Waals surface area contributed by atoms with Gasteiger partial charge in [-0.15, -0.1) is 23.5 Å². The lowest BCUT2D eigenvalue weighted by Gasteiger charge is -2.30. The van der Waals surface area contributed by atoms with Crippen LogP contribution in [0.15, 0.2) is 125 Å². The Morgan fingerprint density at radius 1 is 0.674 bits per heavy atom. The van der Waals surface area contributed by atoms with Crippen LogP contribution < -0.4 is 9.80 Å². The van der Waals surface area contributed by atoms with Gasteiger partial charge in [-0.25, -0.2) is 0 Å². The summed E-state index contributed by atoms with van der Waals surface area (Å²) in [7, 11) is 0. The molecule has 0 aromatic heterocycles. The van der Waals surface area contributed by atoms with Crippen molar-refractivity contribution >= 4 is 46.5 Å². The maximum absolute atomic E-state index is 11.1. The summed E-state index contributed by atoms with van der Waals surface area (Å²) in [5.41, 5.74) is 5.72. The minimum absolute atomic E-state index is 0.265. The van der Waals surface area contributed by atoms with Crippen LogP contribution in [0.1, 0.15) is 43.0 Å². The van der Waals surface area contributed by atoms with E-state index in [0.717, 1.165) is 50.1 Å². The van der Waals surface area contributed by atoms with Gasteiger partial charge in [0.2, 0.25) is 0 Å². The molecule has 7 heteroatoms. The average Bonchev–Trinajstić information content (AvgIpc) is 3.08. The maximum Gasteiger partial charge on any atom is 0.120 e. The second-order valence-electron chi connectivity index (χ2n) is 11.8. The molecule has 0 bridgehead atoms. The Hall–Kier alpha value is -3.71. The summed E-state index contributed by atoms with van der Waals surface area (Å²) in [6.45, 7) is 8.47. The molecule has 0 amide bonds. The van der Waals surface area contributed by atoms with Crippen molar-refractivity contribution in [3.63, 3.8) is 0 Å². The summed E-state index contributed by atoms with van der Waals surface area (Å²) in [6.07, 6.45) is 2.06. The van der Waals surface area contributed by atoms with Gasteiger partial charge in [0, 0.05) is 57.3 Å². The highest BCUT2D eigenvalue weighted by atomic mass is 35.5. The zero-order chi connectivity index (χ0) is 32.7. The van der Waals surface area contributed by atoms with Gasteiger partial charge in [0.15, 0.2) is 0 Å². The minimum atomic E-state index is -0.382. The number of thioether (sulfide) groups is 2. The third-order valence-electron chi connectivity index (χ3n) is 8.46. The molecule has 0 aliphatic heterocycles. The Morgan fingerprint density at radius 3 is 1.72 bits per heavy atom. The molecule has 0 unspecified atom stereocenters. The predicted octanol–water partition coefficient (Wildman–Crippen LogP) is 10.6. The Balaban J connectivity index is 1.42. The first-order chi connectivity index (χ1) is 22.2. The lowest BCUT2D eigenvalue weighted by Crippen LogP contribution is -2.24. The van der Waals surface area contributed by atoms with Crippen molar-refractivity contribution in [1.29, 1.82) is 0 Å². The number of aromatic hydroxyl groups is 2. The summed E-state index contributed by atoms with van der Waals surface area (Å²) < 4.78 is 0. The van der Waals surface area contributed by atoms with Crippen LogP contribution in [0.5, 0.6) is 11.5 Å². The largest absolute Gasteiger partial charge is 0.508 e. The first-order valence-electron chi connectivity index (χ1n) is 15.4. The van der Waals surface area contributed by atoms with Crippen LogP contribution in [0, 0.1) is 0 Å². The predicted molar refractivity (Wildman–Crippen MR) is 198 cm³/mol. The molecule has 0 aliphatic rings. The fourth-order valence-corrected chi connectivity index (χ4v) is 7.27. The van der Waals surface area contributed by atoms with Crippen LogP contribution in [0.2, 0.25) is 5.02 Å². The van der Waals surface area contributed by atoms with Crippen LogP contribution in [0.3, 0.4) is 0 Å². The second-order valence-corrected chi connectivity index (χ2v) is 14.0. The number of rotatable bonds is 13. The Kier molecular flexibility index (Phi) is 11.2. The average molecular weight is 669 g/mol. The van der Waals surface area contributed by atoms with Crippen molar-refractivity contribution in [1.82, 2.24) is 0 Å². The number of hydrogen-bond acceptors (Lipinski definition) is 6. The van der Waals surface area contributed by atoms with Crippen LogP contribution in [-0.4, -0.2) is 28.9 Å².